The summed E-state index contributed by atoms with van der Waals surface area (Å²) >= 11 is 5.98. The molecule has 2 aromatic rings. The van der Waals surface area contributed by atoms with E-state index in [1.165, 1.54) is 5.57 Å². The molecule has 102 valence electrons. The Morgan fingerprint density at radius 2 is 2.15 bits per heavy atom. The first-order chi connectivity index (χ1) is 9.83. The van der Waals surface area contributed by atoms with E-state index < -0.39 is 0 Å². The molecule has 0 unspecified atom stereocenters. The molecule has 0 fully saturated rings. The van der Waals surface area contributed by atoms with Crippen LogP contribution in [0, 0.1) is 0 Å². The Kier molecular flexibility index (Phi) is 3.88. The van der Waals surface area contributed by atoms with E-state index in [4.69, 9.17) is 11.6 Å². The molecule has 0 atom stereocenters. The van der Waals surface area contributed by atoms with Crippen LogP contribution >= 0.6 is 11.6 Å². The van der Waals surface area contributed by atoms with Crippen molar-refractivity contribution in [1.29, 1.82) is 0 Å². The summed E-state index contributed by atoms with van der Waals surface area (Å²) in [7, 11) is 0. The van der Waals surface area contributed by atoms with Crippen molar-refractivity contribution in [3.05, 3.63) is 59.4 Å². The molecule has 1 aromatic heterocycles. The van der Waals surface area contributed by atoms with Crippen LogP contribution in [0.25, 0.3) is 10.9 Å². The van der Waals surface area contributed by atoms with Crippen molar-refractivity contribution >= 4 is 28.2 Å². The molecule has 0 radical (unpaired) electrons. The molecule has 3 rings (SSSR count). The third kappa shape index (κ3) is 2.94. The van der Waals surface area contributed by atoms with Gasteiger partial charge in [0.1, 0.15) is 0 Å². The van der Waals surface area contributed by atoms with Crippen LogP contribution in [0.3, 0.4) is 0 Å². The lowest BCUT2D eigenvalue weighted by atomic mass is 10.0. The van der Waals surface area contributed by atoms with E-state index in [2.05, 4.69) is 28.0 Å². The van der Waals surface area contributed by atoms with Gasteiger partial charge in [0.15, 0.2) is 0 Å². The molecule has 2 N–H and O–H groups in total. The van der Waals surface area contributed by atoms with Crippen molar-refractivity contribution < 1.29 is 0 Å². The topological polar surface area (TPSA) is 37.0 Å². The van der Waals surface area contributed by atoms with Crippen LogP contribution in [0.15, 0.2) is 54.4 Å². The van der Waals surface area contributed by atoms with Gasteiger partial charge >= 0.3 is 0 Å². The monoisotopic (exact) mass is 285 g/mol. The maximum atomic E-state index is 5.98. The number of halogens is 1. The van der Waals surface area contributed by atoms with Crippen LogP contribution in [0.1, 0.15) is 19.3 Å². The highest BCUT2D eigenvalue weighted by atomic mass is 35.5. The van der Waals surface area contributed by atoms with Gasteiger partial charge < -0.3 is 10.9 Å². The molecule has 1 heterocycles. The number of anilines is 1. The van der Waals surface area contributed by atoms with Gasteiger partial charge in [-0.25, -0.2) is 0 Å². The zero-order valence-corrected chi connectivity index (χ0v) is 11.8. The lowest BCUT2D eigenvalue weighted by molar-refractivity contribution is 0.872. The lowest BCUT2D eigenvalue weighted by Gasteiger charge is -2.12. The zero-order valence-electron chi connectivity index (χ0n) is 11.1. The second kappa shape index (κ2) is 5.97. The molecular weight excluding hydrogens is 270 g/mol. The van der Waals surface area contributed by atoms with E-state index in [0.29, 0.717) is 5.02 Å². The molecule has 3 nitrogen and oxygen atoms in total. The highest BCUT2D eigenvalue weighted by molar-refractivity contribution is 6.31. The fourth-order valence-electron chi connectivity index (χ4n) is 2.30. The van der Waals surface area contributed by atoms with Crippen molar-refractivity contribution in [2.24, 2.45) is 0 Å². The van der Waals surface area contributed by atoms with Gasteiger partial charge in [-0.1, -0.05) is 23.8 Å². The summed E-state index contributed by atoms with van der Waals surface area (Å²) in [6.07, 6.45) is 11.5. The standard InChI is InChI=1S/C16H16ClN3/c17-13-6-7-14-15(8-9-18-16(14)10-13)20-19-11-12-4-2-1-3-5-12/h1-2,6-11,19H,3-5H2,(H,18,20)/b12-11+. The maximum Gasteiger partial charge on any atom is 0.0738 e. The van der Waals surface area contributed by atoms with Crippen LogP contribution < -0.4 is 10.9 Å². The molecule has 0 saturated carbocycles. The van der Waals surface area contributed by atoms with E-state index >= 15 is 0 Å². The van der Waals surface area contributed by atoms with Gasteiger partial charge in [-0.3, -0.25) is 4.98 Å². The number of pyridine rings is 1. The summed E-state index contributed by atoms with van der Waals surface area (Å²) in [6.45, 7) is 0. The summed E-state index contributed by atoms with van der Waals surface area (Å²) < 4.78 is 0. The predicted molar refractivity (Wildman–Crippen MR) is 84.6 cm³/mol. The van der Waals surface area contributed by atoms with Crippen LogP contribution in [-0.4, -0.2) is 4.98 Å². The summed E-state index contributed by atoms with van der Waals surface area (Å²) in [5.74, 6) is 0. The predicted octanol–water partition coefficient (Wildman–Crippen LogP) is 4.43. The van der Waals surface area contributed by atoms with Gasteiger partial charge in [0.05, 0.1) is 11.2 Å². The highest BCUT2D eigenvalue weighted by Crippen LogP contribution is 2.24. The van der Waals surface area contributed by atoms with Gasteiger partial charge in [-0.15, -0.1) is 0 Å². The van der Waals surface area contributed by atoms with Gasteiger partial charge in [-0.05, 0) is 49.1 Å². The molecule has 4 heteroatoms. The van der Waals surface area contributed by atoms with E-state index in [0.717, 1.165) is 35.9 Å². The first kappa shape index (κ1) is 13.0. The Morgan fingerprint density at radius 3 is 3.00 bits per heavy atom. The zero-order chi connectivity index (χ0) is 13.8. The fraction of sp³-hybridized carbons (Fsp3) is 0.188. The van der Waals surface area contributed by atoms with Gasteiger partial charge in [0.2, 0.25) is 0 Å². The third-order valence-electron chi connectivity index (χ3n) is 3.37. The average Bonchev–Trinajstić information content (AvgIpc) is 2.48. The molecule has 0 aliphatic heterocycles. The molecule has 0 saturated heterocycles. The van der Waals surface area contributed by atoms with Crippen LogP contribution in [-0.2, 0) is 0 Å². The average molecular weight is 286 g/mol. The molecular formula is C16H16ClN3. The number of fused-ring (bicyclic) bond motifs is 1. The number of hydrogen-bond donors (Lipinski definition) is 2. The van der Waals surface area contributed by atoms with Gasteiger partial charge in [0.25, 0.3) is 0 Å². The Balaban J connectivity index is 1.76. The Bertz CT molecular complexity index is 676. The summed E-state index contributed by atoms with van der Waals surface area (Å²) in [4.78, 5) is 4.32. The second-order valence-corrected chi connectivity index (χ2v) is 5.24. The van der Waals surface area contributed by atoms with Gasteiger partial charge in [-0.2, -0.15) is 0 Å². The van der Waals surface area contributed by atoms with E-state index in [-0.39, 0.29) is 0 Å². The molecule has 0 bridgehead atoms. The molecule has 0 spiro atoms. The quantitative estimate of drug-likeness (QED) is 0.647. The van der Waals surface area contributed by atoms with E-state index in [1.807, 2.05) is 30.5 Å². The number of hydrazine groups is 1. The minimum Gasteiger partial charge on any atom is -0.308 e. The van der Waals surface area contributed by atoms with Crippen LogP contribution in [0.2, 0.25) is 5.02 Å². The third-order valence-corrected chi connectivity index (χ3v) is 3.60. The van der Waals surface area contributed by atoms with Crippen molar-refractivity contribution in [3.8, 4) is 0 Å². The largest absolute Gasteiger partial charge is 0.308 e. The van der Waals surface area contributed by atoms with Crippen molar-refractivity contribution in [1.82, 2.24) is 10.4 Å². The summed E-state index contributed by atoms with van der Waals surface area (Å²) in [5, 5.41) is 1.75. The highest BCUT2D eigenvalue weighted by Gasteiger charge is 2.02. The molecule has 1 aliphatic rings. The van der Waals surface area contributed by atoms with Crippen LogP contribution in [0.5, 0.6) is 0 Å². The normalized spacial score (nSPS) is 16.6. The molecule has 1 aliphatic carbocycles. The Morgan fingerprint density at radius 1 is 1.20 bits per heavy atom. The summed E-state index contributed by atoms with van der Waals surface area (Å²) in [5.41, 5.74) is 9.68. The summed E-state index contributed by atoms with van der Waals surface area (Å²) in [6, 6.07) is 7.67. The number of hydrogen-bond acceptors (Lipinski definition) is 3. The van der Waals surface area contributed by atoms with Crippen molar-refractivity contribution in [2.75, 3.05) is 5.43 Å². The van der Waals surface area contributed by atoms with Crippen molar-refractivity contribution in [2.45, 2.75) is 19.3 Å². The fourth-order valence-corrected chi connectivity index (χ4v) is 2.47. The number of rotatable bonds is 3. The molecule has 20 heavy (non-hydrogen) atoms. The number of aromatic nitrogens is 1. The number of nitrogens with zero attached hydrogens (tertiary/aromatic N) is 1. The van der Waals surface area contributed by atoms with E-state index in [9.17, 15) is 0 Å². The van der Waals surface area contributed by atoms with Crippen LogP contribution in [0.4, 0.5) is 5.69 Å². The van der Waals surface area contributed by atoms with E-state index in [1.54, 1.807) is 6.20 Å². The lowest BCUT2D eigenvalue weighted by Crippen LogP contribution is -2.15. The minimum absolute atomic E-state index is 0.700. The first-order valence-corrected chi connectivity index (χ1v) is 7.09. The second-order valence-electron chi connectivity index (χ2n) is 4.81. The van der Waals surface area contributed by atoms with Gasteiger partial charge in [0, 0.05) is 22.8 Å². The number of benzene rings is 1. The smallest absolute Gasteiger partial charge is 0.0738 e. The molecule has 0 amide bonds. The molecule has 1 aromatic carbocycles. The number of allylic oxidation sites excluding steroid dienone is 3. The SMILES string of the molecule is Clc1ccc2c(NN/C=C3\CC=CCC3)ccnc2c1. The maximum absolute atomic E-state index is 5.98. The Labute approximate surface area is 123 Å². The number of nitrogens with one attached hydrogen (secondary N) is 2. The first-order valence-electron chi connectivity index (χ1n) is 6.72. The Hall–Kier alpha value is -2.00. The van der Waals surface area contributed by atoms with Crippen molar-refractivity contribution in [3.63, 3.8) is 0 Å². The minimum atomic E-state index is 0.700.